The Labute approximate surface area is 79.7 Å². The normalized spacial score (nSPS) is 12.2. The number of carbonyl (C=O) groups excluding carboxylic acids is 1. The first-order valence-corrected chi connectivity index (χ1v) is 5.35. The molecule has 70 valence electrons. The van der Waals surface area contributed by atoms with Crippen LogP contribution in [0.25, 0.3) is 0 Å². The van der Waals surface area contributed by atoms with Crippen LogP contribution >= 0.6 is 0 Å². The van der Waals surface area contributed by atoms with Crippen LogP contribution in [0.3, 0.4) is 0 Å². The highest BCUT2D eigenvalue weighted by atomic mass is 32.2. The lowest BCUT2D eigenvalue weighted by atomic mass is 10.1. The Kier molecular flexibility index (Phi) is 3.19. The predicted molar refractivity (Wildman–Crippen MR) is 54.3 cm³/mol. The standard InChI is InChI=1S/C9H11NO2S/c1-7-3-4-8(6-11)9(5-7)10-13(2)12/h3-6,10H,1-2H3. The maximum atomic E-state index is 10.9. The van der Waals surface area contributed by atoms with E-state index in [0.717, 1.165) is 11.8 Å². The van der Waals surface area contributed by atoms with Gasteiger partial charge in [-0.15, -0.1) is 0 Å². The highest BCUT2D eigenvalue weighted by Crippen LogP contribution is 2.15. The Bertz CT molecular complexity index is 349. The summed E-state index contributed by atoms with van der Waals surface area (Å²) in [7, 11) is -1.15. The molecule has 0 aliphatic rings. The SMILES string of the molecule is Cc1ccc(C=O)c(NS(C)=O)c1. The minimum Gasteiger partial charge on any atom is -0.305 e. The fourth-order valence-electron chi connectivity index (χ4n) is 1.02. The summed E-state index contributed by atoms with van der Waals surface area (Å²) in [6.45, 7) is 1.92. The van der Waals surface area contributed by atoms with Crippen LogP contribution in [0.1, 0.15) is 15.9 Å². The van der Waals surface area contributed by atoms with Crippen molar-refractivity contribution in [2.75, 3.05) is 11.0 Å². The maximum Gasteiger partial charge on any atom is 0.152 e. The highest BCUT2D eigenvalue weighted by Gasteiger charge is 2.01. The first-order valence-electron chi connectivity index (χ1n) is 3.79. The molecule has 0 aromatic heterocycles. The van der Waals surface area contributed by atoms with Crippen molar-refractivity contribution in [3.05, 3.63) is 29.3 Å². The molecule has 0 saturated heterocycles. The Morgan fingerprint density at radius 2 is 2.15 bits per heavy atom. The van der Waals surface area contributed by atoms with Crippen molar-refractivity contribution in [3.8, 4) is 0 Å². The van der Waals surface area contributed by atoms with E-state index in [0.29, 0.717) is 11.3 Å². The zero-order valence-electron chi connectivity index (χ0n) is 7.53. The predicted octanol–water partition coefficient (Wildman–Crippen LogP) is 1.51. The molecule has 1 N–H and O–H groups in total. The molecule has 1 atom stereocenters. The van der Waals surface area contributed by atoms with Gasteiger partial charge in [0.2, 0.25) is 0 Å². The quantitative estimate of drug-likeness (QED) is 0.747. The van der Waals surface area contributed by atoms with Crippen molar-refractivity contribution in [3.63, 3.8) is 0 Å². The minimum absolute atomic E-state index is 0.529. The summed E-state index contributed by atoms with van der Waals surface area (Å²) < 4.78 is 13.6. The molecular formula is C9H11NO2S. The molecule has 0 fully saturated rings. The summed E-state index contributed by atoms with van der Waals surface area (Å²) in [5.41, 5.74) is 2.18. The van der Waals surface area contributed by atoms with E-state index in [2.05, 4.69) is 4.72 Å². The number of hydrogen-bond acceptors (Lipinski definition) is 2. The van der Waals surface area contributed by atoms with Gasteiger partial charge < -0.3 is 4.72 Å². The van der Waals surface area contributed by atoms with Gasteiger partial charge in [0, 0.05) is 11.8 Å². The smallest absolute Gasteiger partial charge is 0.152 e. The van der Waals surface area contributed by atoms with Gasteiger partial charge in [0.05, 0.1) is 5.69 Å². The van der Waals surface area contributed by atoms with Crippen molar-refractivity contribution >= 4 is 23.0 Å². The van der Waals surface area contributed by atoms with Gasteiger partial charge in [-0.25, -0.2) is 4.21 Å². The van der Waals surface area contributed by atoms with Gasteiger partial charge in [-0.05, 0) is 24.6 Å². The van der Waals surface area contributed by atoms with Crippen molar-refractivity contribution in [1.29, 1.82) is 0 Å². The summed E-state index contributed by atoms with van der Waals surface area (Å²) in [5, 5.41) is 0. The molecule has 0 radical (unpaired) electrons. The molecule has 13 heavy (non-hydrogen) atoms. The molecule has 0 saturated carbocycles. The molecule has 3 nitrogen and oxygen atoms in total. The van der Waals surface area contributed by atoms with Crippen LogP contribution in [-0.2, 0) is 11.0 Å². The molecule has 1 unspecified atom stereocenters. The van der Waals surface area contributed by atoms with Crippen LogP contribution in [-0.4, -0.2) is 16.8 Å². The molecule has 0 aliphatic carbocycles. The van der Waals surface area contributed by atoms with Gasteiger partial charge in [-0.3, -0.25) is 4.79 Å². The molecule has 1 aromatic carbocycles. The number of aryl methyl sites for hydroxylation is 1. The summed E-state index contributed by atoms with van der Waals surface area (Å²) in [5.74, 6) is 0. The fraction of sp³-hybridized carbons (Fsp3) is 0.222. The van der Waals surface area contributed by atoms with Gasteiger partial charge in [-0.1, -0.05) is 6.07 Å². The zero-order valence-corrected chi connectivity index (χ0v) is 8.35. The number of hydrogen-bond donors (Lipinski definition) is 1. The van der Waals surface area contributed by atoms with Crippen LogP contribution in [0.2, 0.25) is 0 Å². The summed E-state index contributed by atoms with van der Waals surface area (Å²) >= 11 is 0. The van der Waals surface area contributed by atoms with Gasteiger partial charge in [-0.2, -0.15) is 0 Å². The third-order valence-corrected chi connectivity index (χ3v) is 2.10. The summed E-state index contributed by atoms with van der Waals surface area (Å²) in [6, 6.07) is 5.34. The number of nitrogens with one attached hydrogen (secondary N) is 1. The van der Waals surface area contributed by atoms with E-state index in [1.165, 1.54) is 6.26 Å². The number of benzene rings is 1. The van der Waals surface area contributed by atoms with Crippen LogP contribution in [0.15, 0.2) is 18.2 Å². The number of anilines is 1. The lowest BCUT2D eigenvalue weighted by Crippen LogP contribution is -2.04. The second kappa shape index (κ2) is 4.18. The van der Waals surface area contributed by atoms with Crippen LogP contribution in [0.4, 0.5) is 5.69 Å². The second-order valence-electron chi connectivity index (χ2n) is 2.76. The highest BCUT2D eigenvalue weighted by molar-refractivity contribution is 7.85. The van der Waals surface area contributed by atoms with Crippen LogP contribution < -0.4 is 4.72 Å². The topological polar surface area (TPSA) is 46.2 Å². The Morgan fingerprint density at radius 1 is 1.46 bits per heavy atom. The first-order chi connectivity index (χ1) is 6.13. The first kappa shape index (κ1) is 9.92. The van der Waals surface area contributed by atoms with E-state index in [1.54, 1.807) is 12.1 Å². The van der Waals surface area contributed by atoms with Crippen molar-refractivity contribution in [1.82, 2.24) is 0 Å². The average molecular weight is 197 g/mol. The van der Waals surface area contributed by atoms with Crippen molar-refractivity contribution < 1.29 is 9.00 Å². The number of aldehydes is 1. The maximum absolute atomic E-state index is 10.9. The minimum atomic E-state index is -1.15. The third-order valence-electron chi connectivity index (χ3n) is 1.59. The molecule has 4 heteroatoms. The third kappa shape index (κ3) is 2.66. The van der Waals surface area contributed by atoms with E-state index in [9.17, 15) is 9.00 Å². The van der Waals surface area contributed by atoms with E-state index in [-0.39, 0.29) is 0 Å². The largest absolute Gasteiger partial charge is 0.305 e. The molecule has 0 heterocycles. The van der Waals surface area contributed by atoms with E-state index in [4.69, 9.17) is 0 Å². The molecule has 0 aliphatic heterocycles. The van der Waals surface area contributed by atoms with E-state index >= 15 is 0 Å². The molecule has 0 spiro atoms. The number of rotatable bonds is 3. The van der Waals surface area contributed by atoms with E-state index in [1.807, 2.05) is 13.0 Å². The van der Waals surface area contributed by atoms with E-state index < -0.39 is 11.0 Å². The van der Waals surface area contributed by atoms with Crippen molar-refractivity contribution in [2.24, 2.45) is 0 Å². The monoisotopic (exact) mass is 197 g/mol. The van der Waals surface area contributed by atoms with Gasteiger partial charge in [0.1, 0.15) is 11.0 Å². The van der Waals surface area contributed by atoms with Crippen LogP contribution in [0, 0.1) is 6.92 Å². The number of carbonyl (C=O) groups is 1. The van der Waals surface area contributed by atoms with Crippen LogP contribution in [0.5, 0.6) is 0 Å². The summed E-state index contributed by atoms with van der Waals surface area (Å²) in [4.78, 5) is 10.6. The molecule has 1 rings (SSSR count). The Hall–Kier alpha value is -1.16. The molecule has 0 amide bonds. The lowest BCUT2D eigenvalue weighted by molar-refractivity contribution is 0.112. The van der Waals surface area contributed by atoms with Gasteiger partial charge in [0.25, 0.3) is 0 Å². The molecular weight excluding hydrogens is 186 g/mol. The van der Waals surface area contributed by atoms with Crippen molar-refractivity contribution in [2.45, 2.75) is 6.92 Å². The Balaban J connectivity index is 3.07. The Morgan fingerprint density at radius 3 is 2.69 bits per heavy atom. The fourth-order valence-corrected chi connectivity index (χ4v) is 1.50. The summed E-state index contributed by atoms with van der Waals surface area (Å²) in [6.07, 6.45) is 2.27. The molecule has 0 bridgehead atoms. The van der Waals surface area contributed by atoms with Gasteiger partial charge in [0.15, 0.2) is 6.29 Å². The second-order valence-corrected chi connectivity index (χ2v) is 3.88. The molecule has 1 aromatic rings. The lowest BCUT2D eigenvalue weighted by Gasteiger charge is -2.05. The average Bonchev–Trinajstić information content (AvgIpc) is 2.03. The van der Waals surface area contributed by atoms with Gasteiger partial charge >= 0.3 is 0 Å². The zero-order chi connectivity index (χ0) is 9.84.